The summed E-state index contributed by atoms with van der Waals surface area (Å²) in [4.78, 5) is 7.03. The van der Waals surface area contributed by atoms with E-state index in [0.29, 0.717) is 11.6 Å². The second-order valence-electron chi connectivity index (χ2n) is 6.17. The monoisotopic (exact) mass is 275 g/mol. The number of hydrogen-bond acceptors (Lipinski definition) is 3. The van der Waals surface area contributed by atoms with Gasteiger partial charge in [-0.3, -0.25) is 9.88 Å². The van der Waals surface area contributed by atoms with E-state index in [2.05, 4.69) is 49.0 Å². The maximum absolute atomic E-state index is 4.35. The Morgan fingerprint density at radius 2 is 2.05 bits per heavy atom. The summed E-state index contributed by atoms with van der Waals surface area (Å²) < 4.78 is 0. The zero-order valence-corrected chi connectivity index (χ0v) is 13.4. The molecule has 1 aliphatic rings. The smallest absolute Gasteiger partial charge is 0.0333 e. The first-order valence-corrected chi connectivity index (χ1v) is 8.02. The molecule has 1 saturated heterocycles. The lowest BCUT2D eigenvalue weighted by Crippen LogP contribution is -2.63. The molecule has 1 aliphatic heterocycles. The van der Waals surface area contributed by atoms with Gasteiger partial charge >= 0.3 is 0 Å². The lowest BCUT2D eigenvalue weighted by Gasteiger charge is -2.49. The first kappa shape index (κ1) is 15.5. The molecule has 0 amide bonds. The molecule has 1 aromatic rings. The van der Waals surface area contributed by atoms with Crippen LogP contribution in [0.3, 0.4) is 0 Å². The molecule has 112 valence electrons. The van der Waals surface area contributed by atoms with Gasteiger partial charge in [-0.25, -0.2) is 0 Å². The summed E-state index contributed by atoms with van der Waals surface area (Å²) in [5.41, 5.74) is 2.89. The van der Waals surface area contributed by atoms with Crippen molar-refractivity contribution in [2.24, 2.45) is 0 Å². The van der Waals surface area contributed by atoms with E-state index in [-0.39, 0.29) is 0 Å². The summed E-state index contributed by atoms with van der Waals surface area (Å²) >= 11 is 0. The predicted octanol–water partition coefficient (Wildman–Crippen LogP) is 3.13. The van der Waals surface area contributed by atoms with Crippen molar-refractivity contribution < 1.29 is 0 Å². The maximum Gasteiger partial charge on any atom is 0.0333 e. The quantitative estimate of drug-likeness (QED) is 0.895. The Labute approximate surface area is 123 Å². The molecule has 20 heavy (non-hydrogen) atoms. The number of rotatable bonds is 5. The minimum absolute atomic E-state index is 0.301. The topological polar surface area (TPSA) is 28.2 Å². The van der Waals surface area contributed by atoms with E-state index >= 15 is 0 Å². The lowest BCUT2D eigenvalue weighted by molar-refractivity contribution is 0.0237. The number of nitrogens with one attached hydrogen (secondary N) is 1. The van der Waals surface area contributed by atoms with Crippen molar-refractivity contribution in [1.82, 2.24) is 15.2 Å². The highest BCUT2D eigenvalue weighted by Gasteiger charge is 2.38. The van der Waals surface area contributed by atoms with Gasteiger partial charge in [-0.05, 0) is 37.3 Å². The minimum Gasteiger partial charge on any atom is -0.311 e. The van der Waals surface area contributed by atoms with Crippen LogP contribution < -0.4 is 5.32 Å². The van der Waals surface area contributed by atoms with E-state index in [0.717, 1.165) is 19.6 Å². The highest BCUT2D eigenvalue weighted by atomic mass is 15.3. The predicted molar refractivity (Wildman–Crippen MR) is 84.8 cm³/mol. The van der Waals surface area contributed by atoms with Crippen LogP contribution in [0, 0.1) is 6.92 Å². The van der Waals surface area contributed by atoms with Crippen molar-refractivity contribution in [3.63, 3.8) is 0 Å². The average molecular weight is 275 g/mol. The van der Waals surface area contributed by atoms with Gasteiger partial charge in [0, 0.05) is 43.6 Å². The first-order chi connectivity index (χ1) is 9.63. The van der Waals surface area contributed by atoms with E-state index in [1.165, 1.54) is 30.4 Å². The zero-order valence-electron chi connectivity index (χ0n) is 13.4. The third-order valence-corrected chi connectivity index (χ3v) is 4.95. The van der Waals surface area contributed by atoms with Gasteiger partial charge in [-0.2, -0.15) is 0 Å². The summed E-state index contributed by atoms with van der Waals surface area (Å²) in [6.45, 7) is 12.3. The maximum atomic E-state index is 4.35. The Kier molecular flexibility index (Phi) is 5.17. The van der Waals surface area contributed by atoms with Crippen LogP contribution in [0.5, 0.6) is 0 Å². The van der Waals surface area contributed by atoms with E-state index in [1.807, 2.05) is 12.4 Å². The van der Waals surface area contributed by atoms with Crippen LogP contribution >= 0.6 is 0 Å². The highest BCUT2D eigenvalue weighted by molar-refractivity contribution is 5.17. The SMILES string of the molecule is CCC1CN(Cc2cncc(C)c2)C(CC)(CC)CN1. The number of nitrogens with zero attached hydrogens (tertiary/aromatic N) is 2. The Morgan fingerprint density at radius 3 is 2.65 bits per heavy atom. The van der Waals surface area contributed by atoms with Gasteiger partial charge in [0.2, 0.25) is 0 Å². The molecular formula is C17H29N3. The van der Waals surface area contributed by atoms with Crippen LogP contribution in [0.2, 0.25) is 0 Å². The lowest BCUT2D eigenvalue weighted by atomic mass is 9.86. The van der Waals surface area contributed by atoms with E-state index < -0.39 is 0 Å². The van der Waals surface area contributed by atoms with Crippen LogP contribution in [-0.4, -0.2) is 34.6 Å². The molecule has 0 spiro atoms. The van der Waals surface area contributed by atoms with Gasteiger partial charge in [0.15, 0.2) is 0 Å². The summed E-state index contributed by atoms with van der Waals surface area (Å²) in [6.07, 6.45) is 7.56. The van der Waals surface area contributed by atoms with Crippen LogP contribution in [0.1, 0.15) is 51.2 Å². The fourth-order valence-electron chi connectivity index (χ4n) is 3.35. The summed E-state index contributed by atoms with van der Waals surface area (Å²) in [5.74, 6) is 0. The second kappa shape index (κ2) is 6.68. The molecule has 1 unspecified atom stereocenters. The fraction of sp³-hybridized carbons (Fsp3) is 0.706. The number of piperazine rings is 1. The van der Waals surface area contributed by atoms with Gasteiger partial charge in [-0.1, -0.05) is 26.8 Å². The molecular weight excluding hydrogens is 246 g/mol. The molecule has 1 aromatic heterocycles. The highest BCUT2D eigenvalue weighted by Crippen LogP contribution is 2.29. The Morgan fingerprint density at radius 1 is 1.30 bits per heavy atom. The van der Waals surface area contributed by atoms with Crippen molar-refractivity contribution in [1.29, 1.82) is 0 Å². The molecule has 0 saturated carbocycles. The Balaban J connectivity index is 2.18. The van der Waals surface area contributed by atoms with E-state index in [9.17, 15) is 0 Å². The largest absolute Gasteiger partial charge is 0.311 e. The third kappa shape index (κ3) is 3.21. The summed E-state index contributed by atoms with van der Waals surface area (Å²) in [6, 6.07) is 2.89. The molecule has 0 bridgehead atoms. The van der Waals surface area contributed by atoms with Crippen LogP contribution in [-0.2, 0) is 6.54 Å². The normalized spacial score (nSPS) is 22.9. The van der Waals surface area contributed by atoms with Crippen molar-refractivity contribution in [3.05, 3.63) is 29.6 Å². The van der Waals surface area contributed by atoms with Gasteiger partial charge in [0.1, 0.15) is 0 Å². The number of pyridine rings is 1. The summed E-state index contributed by atoms with van der Waals surface area (Å²) in [5, 5.41) is 3.73. The Hall–Kier alpha value is -0.930. The molecule has 1 fully saturated rings. The first-order valence-electron chi connectivity index (χ1n) is 8.02. The van der Waals surface area contributed by atoms with Crippen LogP contribution in [0.25, 0.3) is 0 Å². The number of hydrogen-bond donors (Lipinski definition) is 1. The average Bonchev–Trinajstić information content (AvgIpc) is 2.47. The van der Waals surface area contributed by atoms with Crippen molar-refractivity contribution >= 4 is 0 Å². The standard InChI is InChI=1S/C17H29N3/c1-5-16-12-20(17(6-2,7-3)13-19-16)11-15-8-14(4)9-18-10-15/h8-10,16,19H,5-7,11-13H2,1-4H3. The number of aromatic nitrogens is 1. The van der Waals surface area contributed by atoms with E-state index in [4.69, 9.17) is 0 Å². The molecule has 0 aromatic carbocycles. The molecule has 1 atom stereocenters. The molecule has 3 heteroatoms. The van der Waals surface area contributed by atoms with Gasteiger partial charge in [0.05, 0.1) is 0 Å². The molecule has 2 rings (SSSR count). The van der Waals surface area contributed by atoms with Crippen molar-refractivity contribution in [2.45, 2.75) is 65.1 Å². The van der Waals surface area contributed by atoms with Crippen molar-refractivity contribution in [3.8, 4) is 0 Å². The van der Waals surface area contributed by atoms with E-state index in [1.54, 1.807) is 0 Å². The van der Waals surface area contributed by atoms with Crippen LogP contribution in [0.15, 0.2) is 18.5 Å². The van der Waals surface area contributed by atoms with Gasteiger partial charge in [-0.15, -0.1) is 0 Å². The molecule has 2 heterocycles. The summed E-state index contributed by atoms with van der Waals surface area (Å²) in [7, 11) is 0. The number of aryl methyl sites for hydroxylation is 1. The molecule has 0 aliphatic carbocycles. The fourth-order valence-corrected chi connectivity index (χ4v) is 3.35. The third-order valence-electron chi connectivity index (χ3n) is 4.95. The van der Waals surface area contributed by atoms with Gasteiger partial charge < -0.3 is 5.32 Å². The molecule has 1 N–H and O–H groups in total. The Bertz CT molecular complexity index is 426. The van der Waals surface area contributed by atoms with Crippen LogP contribution in [0.4, 0.5) is 0 Å². The molecule has 3 nitrogen and oxygen atoms in total. The minimum atomic E-state index is 0.301. The molecule has 0 radical (unpaired) electrons. The second-order valence-corrected chi connectivity index (χ2v) is 6.17. The van der Waals surface area contributed by atoms with Gasteiger partial charge in [0.25, 0.3) is 0 Å². The zero-order chi connectivity index (χ0) is 14.6. The van der Waals surface area contributed by atoms with Crippen molar-refractivity contribution in [2.75, 3.05) is 13.1 Å².